The maximum Gasteiger partial charge on any atom is 0.226 e. The molecule has 1 saturated carbocycles. The van der Waals surface area contributed by atoms with Crippen LogP contribution >= 0.6 is 0 Å². The number of carbonyl (C=O) groups excluding carboxylic acids is 2. The lowest BCUT2D eigenvalue weighted by Gasteiger charge is -2.33. The van der Waals surface area contributed by atoms with Crippen LogP contribution in [-0.2, 0) is 9.59 Å². The SMILES string of the molecule is O=C1CCCN(C(=O)C2CCC2)C1. The number of hydrogen-bond donors (Lipinski definition) is 0. The Bertz CT molecular complexity index is 233. The number of piperidine rings is 1. The topological polar surface area (TPSA) is 37.4 Å². The molecule has 0 atom stereocenters. The van der Waals surface area contributed by atoms with Crippen LogP contribution in [0.5, 0.6) is 0 Å². The standard InChI is InChI=1S/C10H15NO2/c12-9-5-2-6-11(7-9)10(13)8-3-1-4-8/h8H,1-7H2. The Labute approximate surface area is 78.1 Å². The Kier molecular flexibility index (Phi) is 2.34. The lowest BCUT2D eigenvalue weighted by Crippen LogP contribution is -2.44. The lowest BCUT2D eigenvalue weighted by molar-refractivity contribution is -0.143. The van der Waals surface area contributed by atoms with Crippen LogP contribution in [0.4, 0.5) is 0 Å². The summed E-state index contributed by atoms with van der Waals surface area (Å²) in [4.78, 5) is 24.6. The van der Waals surface area contributed by atoms with E-state index in [9.17, 15) is 9.59 Å². The first-order chi connectivity index (χ1) is 6.27. The summed E-state index contributed by atoms with van der Waals surface area (Å²) >= 11 is 0. The Hall–Kier alpha value is -0.860. The van der Waals surface area contributed by atoms with E-state index >= 15 is 0 Å². The molecule has 1 aliphatic heterocycles. The van der Waals surface area contributed by atoms with Crippen LogP contribution in [-0.4, -0.2) is 29.7 Å². The smallest absolute Gasteiger partial charge is 0.226 e. The number of amides is 1. The largest absolute Gasteiger partial charge is 0.335 e. The van der Waals surface area contributed by atoms with E-state index in [1.54, 1.807) is 4.90 Å². The molecule has 3 heteroatoms. The minimum atomic E-state index is 0.221. The fourth-order valence-electron chi connectivity index (χ4n) is 1.94. The fraction of sp³-hybridized carbons (Fsp3) is 0.800. The molecule has 0 spiro atoms. The molecule has 3 nitrogen and oxygen atoms in total. The average molecular weight is 181 g/mol. The Balaban J connectivity index is 1.91. The van der Waals surface area contributed by atoms with E-state index in [4.69, 9.17) is 0 Å². The van der Waals surface area contributed by atoms with Crippen molar-refractivity contribution in [3.05, 3.63) is 0 Å². The molecule has 0 unspecified atom stereocenters. The van der Waals surface area contributed by atoms with Crippen LogP contribution in [0.2, 0.25) is 0 Å². The van der Waals surface area contributed by atoms with Gasteiger partial charge >= 0.3 is 0 Å². The molecule has 0 aromatic heterocycles. The highest BCUT2D eigenvalue weighted by Crippen LogP contribution is 2.28. The van der Waals surface area contributed by atoms with E-state index in [-0.39, 0.29) is 17.6 Å². The van der Waals surface area contributed by atoms with Gasteiger partial charge in [-0.3, -0.25) is 9.59 Å². The molecular formula is C10H15NO2. The van der Waals surface area contributed by atoms with Crippen molar-refractivity contribution in [3.63, 3.8) is 0 Å². The van der Waals surface area contributed by atoms with Gasteiger partial charge in [0.25, 0.3) is 0 Å². The van der Waals surface area contributed by atoms with Gasteiger partial charge in [-0.25, -0.2) is 0 Å². The molecule has 0 N–H and O–H groups in total. The molecule has 72 valence electrons. The summed E-state index contributed by atoms with van der Waals surface area (Å²) in [5.74, 6) is 0.684. The second-order valence-corrected chi connectivity index (χ2v) is 4.03. The van der Waals surface area contributed by atoms with Crippen LogP contribution in [0.1, 0.15) is 32.1 Å². The third-order valence-electron chi connectivity index (χ3n) is 3.02. The third kappa shape index (κ3) is 1.74. The summed E-state index contributed by atoms with van der Waals surface area (Å²) in [6.07, 6.45) is 4.76. The molecule has 2 rings (SSSR count). The third-order valence-corrected chi connectivity index (χ3v) is 3.02. The minimum Gasteiger partial charge on any atom is -0.335 e. The summed E-state index contributed by atoms with van der Waals surface area (Å²) in [7, 11) is 0. The molecular weight excluding hydrogens is 166 g/mol. The molecule has 13 heavy (non-hydrogen) atoms. The second kappa shape index (κ2) is 3.48. The van der Waals surface area contributed by atoms with E-state index in [0.717, 1.165) is 25.8 Å². The molecule has 1 aliphatic carbocycles. The summed E-state index contributed by atoms with van der Waals surface area (Å²) in [5.41, 5.74) is 0. The van der Waals surface area contributed by atoms with Gasteiger partial charge < -0.3 is 4.90 Å². The van der Waals surface area contributed by atoms with Crippen LogP contribution in [0.15, 0.2) is 0 Å². The van der Waals surface area contributed by atoms with E-state index in [0.29, 0.717) is 13.0 Å². The number of Topliss-reactive ketones (excluding diaryl/α,β-unsaturated/α-hetero) is 1. The molecule has 0 aromatic carbocycles. The summed E-state index contributed by atoms with van der Waals surface area (Å²) < 4.78 is 0. The lowest BCUT2D eigenvalue weighted by atomic mass is 9.84. The first-order valence-electron chi connectivity index (χ1n) is 5.08. The van der Waals surface area contributed by atoms with Crippen molar-refractivity contribution < 1.29 is 9.59 Å². The Morgan fingerprint density at radius 1 is 1.31 bits per heavy atom. The number of ketones is 1. The summed E-state index contributed by atoms with van der Waals surface area (Å²) in [6, 6.07) is 0. The van der Waals surface area contributed by atoms with Crippen molar-refractivity contribution in [2.75, 3.05) is 13.1 Å². The fourth-order valence-corrected chi connectivity index (χ4v) is 1.94. The molecule has 0 aromatic rings. The average Bonchev–Trinajstić information content (AvgIpc) is 2.01. The predicted octanol–water partition coefficient (Wildman–Crippen LogP) is 0.978. The van der Waals surface area contributed by atoms with Gasteiger partial charge in [-0.2, -0.15) is 0 Å². The molecule has 2 fully saturated rings. The zero-order valence-corrected chi connectivity index (χ0v) is 7.79. The number of carbonyl (C=O) groups is 2. The van der Waals surface area contributed by atoms with Crippen LogP contribution < -0.4 is 0 Å². The molecule has 2 aliphatic rings. The molecule has 0 bridgehead atoms. The number of rotatable bonds is 1. The van der Waals surface area contributed by atoms with Crippen molar-refractivity contribution in [2.24, 2.45) is 5.92 Å². The zero-order valence-electron chi connectivity index (χ0n) is 7.79. The van der Waals surface area contributed by atoms with E-state index < -0.39 is 0 Å². The van der Waals surface area contributed by atoms with E-state index in [2.05, 4.69) is 0 Å². The van der Waals surface area contributed by atoms with Gasteiger partial charge in [0.15, 0.2) is 5.78 Å². The van der Waals surface area contributed by atoms with Crippen LogP contribution in [0.3, 0.4) is 0 Å². The van der Waals surface area contributed by atoms with Crippen molar-refractivity contribution in [3.8, 4) is 0 Å². The van der Waals surface area contributed by atoms with Crippen molar-refractivity contribution in [1.29, 1.82) is 0 Å². The van der Waals surface area contributed by atoms with E-state index in [1.807, 2.05) is 0 Å². The van der Waals surface area contributed by atoms with Crippen molar-refractivity contribution >= 4 is 11.7 Å². The Morgan fingerprint density at radius 2 is 2.08 bits per heavy atom. The zero-order chi connectivity index (χ0) is 9.26. The molecule has 1 heterocycles. The van der Waals surface area contributed by atoms with Gasteiger partial charge in [0.05, 0.1) is 6.54 Å². The van der Waals surface area contributed by atoms with Crippen LogP contribution in [0, 0.1) is 5.92 Å². The number of nitrogens with zero attached hydrogens (tertiary/aromatic N) is 1. The van der Waals surface area contributed by atoms with Crippen LogP contribution in [0.25, 0.3) is 0 Å². The van der Waals surface area contributed by atoms with Gasteiger partial charge in [-0.15, -0.1) is 0 Å². The summed E-state index contributed by atoms with van der Waals surface area (Å²) in [5, 5.41) is 0. The predicted molar refractivity (Wildman–Crippen MR) is 48.2 cm³/mol. The maximum atomic E-state index is 11.7. The highest BCUT2D eigenvalue weighted by Gasteiger charge is 2.31. The minimum absolute atomic E-state index is 0.221. The molecule has 1 saturated heterocycles. The quantitative estimate of drug-likeness (QED) is 0.604. The van der Waals surface area contributed by atoms with Gasteiger partial charge in [0, 0.05) is 18.9 Å². The van der Waals surface area contributed by atoms with Gasteiger partial charge in [0.2, 0.25) is 5.91 Å². The first-order valence-corrected chi connectivity index (χ1v) is 5.08. The summed E-state index contributed by atoms with van der Waals surface area (Å²) in [6.45, 7) is 1.16. The number of hydrogen-bond acceptors (Lipinski definition) is 2. The molecule has 0 radical (unpaired) electrons. The first kappa shape index (κ1) is 8.73. The normalized spacial score (nSPS) is 24.3. The highest BCUT2D eigenvalue weighted by atomic mass is 16.2. The van der Waals surface area contributed by atoms with Gasteiger partial charge in [0.1, 0.15) is 0 Å². The Morgan fingerprint density at radius 3 is 2.62 bits per heavy atom. The van der Waals surface area contributed by atoms with E-state index in [1.165, 1.54) is 6.42 Å². The second-order valence-electron chi connectivity index (χ2n) is 4.03. The van der Waals surface area contributed by atoms with Gasteiger partial charge in [-0.05, 0) is 19.3 Å². The highest BCUT2D eigenvalue weighted by molar-refractivity contribution is 5.88. The molecule has 1 amide bonds. The van der Waals surface area contributed by atoms with Crippen molar-refractivity contribution in [1.82, 2.24) is 4.90 Å². The van der Waals surface area contributed by atoms with Gasteiger partial charge in [-0.1, -0.05) is 6.42 Å². The maximum absolute atomic E-state index is 11.7. The van der Waals surface area contributed by atoms with Crippen molar-refractivity contribution in [2.45, 2.75) is 32.1 Å². The number of likely N-dealkylation sites (tertiary alicyclic amines) is 1. The monoisotopic (exact) mass is 181 g/mol.